The van der Waals surface area contributed by atoms with Crippen LogP contribution in [-0.4, -0.2) is 28.3 Å². The summed E-state index contributed by atoms with van der Waals surface area (Å²) in [5, 5.41) is 7.04. The molecule has 0 spiro atoms. The first-order valence-corrected chi connectivity index (χ1v) is 6.09. The number of carbonyl (C=O) groups is 1. The largest absolute Gasteiger partial charge is 0.477 e. The molecular formula is C10H14BrN3O2. The second kappa shape index (κ2) is 4.45. The first-order valence-electron chi connectivity index (χ1n) is 5.29. The maximum atomic E-state index is 11.8. The fourth-order valence-corrected chi connectivity index (χ4v) is 2.15. The zero-order valence-electron chi connectivity index (χ0n) is 9.29. The topological polar surface area (TPSA) is 56.2 Å². The van der Waals surface area contributed by atoms with Crippen molar-refractivity contribution >= 4 is 21.8 Å². The Kier molecular flexibility index (Phi) is 3.18. The molecule has 0 saturated carbocycles. The van der Waals surface area contributed by atoms with Gasteiger partial charge in [0.1, 0.15) is 4.47 Å². The molecule has 88 valence electrons. The predicted molar refractivity (Wildman–Crippen MR) is 62.6 cm³/mol. The summed E-state index contributed by atoms with van der Waals surface area (Å²) in [6, 6.07) is 0.0963. The van der Waals surface area contributed by atoms with Crippen molar-refractivity contribution in [3.8, 4) is 5.88 Å². The summed E-state index contributed by atoms with van der Waals surface area (Å²) in [6.45, 7) is 5.30. The SMILES string of the molecule is CC(C)NC(=O)c1nn2c(c1Br)OCCC2. The number of amides is 1. The Balaban J connectivity index is 2.28. The second-order valence-corrected chi connectivity index (χ2v) is 4.81. The molecule has 1 aliphatic heterocycles. The molecule has 0 atom stereocenters. The summed E-state index contributed by atoms with van der Waals surface area (Å²) in [4.78, 5) is 11.8. The number of halogens is 1. The molecule has 0 radical (unpaired) electrons. The Morgan fingerprint density at radius 3 is 3.00 bits per heavy atom. The van der Waals surface area contributed by atoms with Crippen LogP contribution in [0.25, 0.3) is 0 Å². The lowest BCUT2D eigenvalue weighted by Gasteiger charge is -2.14. The van der Waals surface area contributed by atoms with Gasteiger partial charge in [0.15, 0.2) is 5.69 Å². The molecule has 0 unspecified atom stereocenters. The molecule has 0 bridgehead atoms. The fourth-order valence-electron chi connectivity index (χ4n) is 1.57. The van der Waals surface area contributed by atoms with Gasteiger partial charge in [0.2, 0.25) is 5.88 Å². The Morgan fingerprint density at radius 2 is 2.38 bits per heavy atom. The molecule has 2 rings (SSSR count). The highest BCUT2D eigenvalue weighted by Crippen LogP contribution is 2.31. The summed E-state index contributed by atoms with van der Waals surface area (Å²) in [5.74, 6) is 0.479. The van der Waals surface area contributed by atoms with Gasteiger partial charge in [0.05, 0.1) is 6.61 Å². The van der Waals surface area contributed by atoms with Crippen LogP contribution in [0.2, 0.25) is 0 Å². The molecule has 1 aromatic rings. The first-order chi connectivity index (χ1) is 7.59. The number of ether oxygens (including phenoxy) is 1. The summed E-state index contributed by atoms with van der Waals surface area (Å²) < 4.78 is 7.83. The summed E-state index contributed by atoms with van der Waals surface area (Å²) in [6.07, 6.45) is 0.923. The number of rotatable bonds is 2. The minimum absolute atomic E-state index is 0.0963. The zero-order chi connectivity index (χ0) is 11.7. The minimum Gasteiger partial charge on any atom is -0.477 e. The molecule has 0 fully saturated rings. The number of hydrogen-bond donors (Lipinski definition) is 1. The number of nitrogens with zero attached hydrogens (tertiary/aromatic N) is 2. The van der Waals surface area contributed by atoms with Gasteiger partial charge in [-0.3, -0.25) is 4.79 Å². The van der Waals surface area contributed by atoms with Gasteiger partial charge in [0, 0.05) is 19.0 Å². The van der Waals surface area contributed by atoms with E-state index in [9.17, 15) is 4.79 Å². The summed E-state index contributed by atoms with van der Waals surface area (Å²) >= 11 is 3.36. The second-order valence-electron chi connectivity index (χ2n) is 4.02. The van der Waals surface area contributed by atoms with Crippen LogP contribution < -0.4 is 10.1 Å². The number of fused-ring (bicyclic) bond motifs is 1. The van der Waals surface area contributed by atoms with Crippen LogP contribution in [0.15, 0.2) is 4.47 Å². The zero-order valence-corrected chi connectivity index (χ0v) is 10.9. The number of aromatic nitrogens is 2. The van der Waals surface area contributed by atoms with E-state index in [0.29, 0.717) is 22.7 Å². The van der Waals surface area contributed by atoms with Gasteiger partial charge in [-0.15, -0.1) is 0 Å². The van der Waals surface area contributed by atoms with Crippen molar-refractivity contribution in [3.05, 3.63) is 10.2 Å². The lowest BCUT2D eigenvalue weighted by atomic mass is 10.3. The van der Waals surface area contributed by atoms with E-state index in [-0.39, 0.29) is 11.9 Å². The van der Waals surface area contributed by atoms with Crippen molar-refractivity contribution in [2.75, 3.05) is 6.61 Å². The summed E-state index contributed by atoms with van der Waals surface area (Å²) in [7, 11) is 0. The van der Waals surface area contributed by atoms with E-state index in [1.807, 2.05) is 13.8 Å². The van der Waals surface area contributed by atoms with Crippen molar-refractivity contribution in [2.24, 2.45) is 0 Å². The highest BCUT2D eigenvalue weighted by atomic mass is 79.9. The molecule has 16 heavy (non-hydrogen) atoms. The van der Waals surface area contributed by atoms with Gasteiger partial charge in [-0.05, 0) is 29.8 Å². The van der Waals surface area contributed by atoms with E-state index < -0.39 is 0 Å². The van der Waals surface area contributed by atoms with Gasteiger partial charge in [-0.25, -0.2) is 4.68 Å². The van der Waals surface area contributed by atoms with Gasteiger partial charge >= 0.3 is 0 Å². The van der Waals surface area contributed by atoms with E-state index in [1.165, 1.54) is 0 Å². The van der Waals surface area contributed by atoms with Crippen molar-refractivity contribution < 1.29 is 9.53 Å². The number of nitrogens with one attached hydrogen (secondary N) is 1. The smallest absolute Gasteiger partial charge is 0.273 e. The van der Waals surface area contributed by atoms with Crippen molar-refractivity contribution in [2.45, 2.75) is 32.9 Å². The third-order valence-electron chi connectivity index (χ3n) is 2.24. The Hall–Kier alpha value is -1.04. The minimum atomic E-state index is -0.174. The van der Waals surface area contributed by atoms with Crippen molar-refractivity contribution in [1.29, 1.82) is 0 Å². The average Bonchev–Trinajstić information content (AvgIpc) is 2.56. The maximum Gasteiger partial charge on any atom is 0.273 e. The van der Waals surface area contributed by atoms with Crippen LogP contribution in [0.3, 0.4) is 0 Å². The Morgan fingerprint density at radius 1 is 1.62 bits per heavy atom. The molecule has 6 heteroatoms. The number of hydrogen-bond acceptors (Lipinski definition) is 3. The highest BCUT2D eigenvalue weighted by molar-refractivity contribution is 9.10. The molecule has 1 aromatic heterocycles. The number of aryl methyl sites for hydroxylation is 1. The van der Waals surface area contributed by atoms with Gasteiger partial charge in [0.25, 0.3) is 5.91 Å². The molecular weight excluding hydrogens is 274 g/mol. The Bertz CT molecular complexity index is 414. The highest BCUT2D eigenvalue weighted by Gasteiger charge is 2.24. The monoisotopic (exact) mass is 287 g/mol. The summed E-state index contributed by atoms with van der Waals surface area (Å²) in [5.41, 5.74) is 0.394. The van der Waals surface area contributed by atoms with Crippen LogP contribution in [-0.2, 0) is 6.54 Å². The Labute approximate surface area is 102 Å². The van der Waals surface area contributed by atoms with Crippen LogP contribution >= 0.6 is 15.9 Å². The van der Waals surface area contributed by atoms with Crippen LogP contribution in [0.4, 0.5) is 0 Å². The first kappa shape index (κ1) is 11.4. The van der Waals surface area contributed by atoms with E-state index in [0.717, 1.165) is 13.0 Å². The number of carbonyl (C=O) groups excluding carboxylic acids is 1. The maximum absolute atomic E-state index is 11.8. The van der Waals surface area contributed by atoms with E-state index in [1.54, 1.807) is 4.68 Å². The molecule has 0 saturated heterocycles. The van der Waals surface area contributed by atoms with Crippen molar-refractivity contribution in [3.63, 3.8) is 0 Å². The molecule has 5 nitrogen and oxygen atoms in total. The molecule has 1 N–H and O–H groups in total. The normalized spacial score (nSPS) is 14.5. The van der Waals surface area contributed by atoms with Gasteiger partial charge in [-0.2, -0.15) is 5.10 Å². The third kappa shape index (κ3) is 2.07. The lowest BCUT2D eigenvalue weighted by molar-refractivity contribution is 0.0936. The van der Waals surface area contributed by atoms with Crippen molar-refractivity contribution in [1.82, 2.24) is 15.1 Å². The van der Waals surface area contributed by atoms with E-state index >= 15 is 0 Å². The average molecular weight is 288 g/mol. The van der Waals surface area contributed by atoms with Crippen LogP contribution in [0, 0.1) is 0 Å². The molecule has 0 aromatic carbocycles. The molecule has 1 amide bonds. The van der Waals surface area contributed by atoms with E-state index in [4.69, 9.17) is 4.74 Å². The van der Waals surface area contributed by atoms with E-state index in [2.05, 4.69) is 26.3 Å². The van der Waals surface area contributed by atoms with Crippen LogP contribution in [0.5, 0.6) is 5.88 Å². The molecule has 2 heterocycles. The molecule has 1 aliphatic rings. The van der Waals surface area contributed by atoms with Gasteiger partial charge in [-0.1, -0.05) is 0 Å². The fraction of sp³-hybridized carbons (Fsp3) is 0.600. The quantitative estimate of drug-likeness (QED) is 0.898. The predicted octanol–water partition coefficient (Wildman–Crippen LogP) is 1.57. The standard InChI is InChI=1S/C10H14BrN3O2/c1-6(2)12-9(15)8-7(11)10-14(13-8)4-3-5-16-10/h6H,3-5H2,1-2H3,(H,12,15). The lowest BCUT2D eigenvalue weighted by Crippen LogP contribution is -2.30. The third-order valence-corrected chi connectivity index (χ3v) is 2.95. The van der Waals surface area contributed by atoms with Gasteiger partial charge < -0.3 is 10.1 Å². The van der Waals surface area contributed by atoms with Crippen LogP contribution in [0.1, 0.15) is 30.8 Å². The molecule has 0 aliphatic carbocycles.